The van der Waals surface area contributed by atoms with Crippen LogP contribution in [0.25, 0.3) is 0 Å². The van der Waals surface area contributed by atoms with E-state index < -0.39 is 5.79 Å². The Kier molecular flexibility index (Phi) is 3.81. The lowest BCUT2D eigenvalue weighted by molar-refractivity contribution is -0.300. The summed E-state index contributed by atoms with van der Waals surface area (Å²) in [5.74, 6) is -0.472. The van der Waals surface area contributed by atoms with E-state index in [-0.39, 0.29) is 18.2 Å². The maximum Gasteiger partial charge on any atom is 0.163 e. The first-order chi connectivity index (χ1) is 7.62. The molecule has 0 spiro atoms. The summed E-state index contributed by atoms with van der Waals surface area (Å²) in [5, 5.41) is 3.32. The Morgan fingerprint density at radius 1 is 1.31 bits per heavy atom. The minimum atomic E-state index is -0.472. The van der Waals surface area contributed by atoms with Gasteiger partial charge in [0.15, 0.2) is 5.79 Å². The molecule has 0 amide bonds. The minimum absolute atomic E-state index is 0.0697. The van der Waals surface area contributed by atoms with E-state index in [1.807, 2.05) is 20.8 Å². The number of nitrogens with one attached hydrogen (secondary N) is 1. The Morgan fingerprint density at radius 2 is 2.12 bits per heavy atom. The fourth-order valence-corrected chi connectivity index (χ4v) is 2.16. The summed E-state index contributed by atoms with van der Waals surface area (Å²) in [6, 6.07) is 0.156. The molecule has 5 nitrogen and oxygen atoms in total. The van der Waals surface area contributed by atoms with Gasteiger partial charge in [-0.2, -0.15) is 0 Å². The summed E-state index contributed by atoms with van der Waals surface area (Å²) in [6.07, 6.45) is 1.16. The molecule has 2 aliphatic rings. The van der Waals surface area contributed by atoms with Crippen LogP contribution in [-0.4, -0.2) is 43.8 Å². The third-order valence-electron chi connectivity index (χ3n) is 2.82. The van der Waals surface area contributed by atoms with Crippen molar-refractivity contribution >= 4 is 0 Å². The van der Waals surface area contributed by atoms with E-state index in [1.165, 1.54) is 0 Å². The average Bonchev–Trinajstić information content (AvgIpc) is 2.69. The van der Waals surface area contributed by atoms with Crippen LogP contribution in [-0.2, 0) is 19.2 Å². The van der Waals surface area contributed by atoms with Gasteiger partial charge in [0.1, 0.15) is 18.8 Å². The molecule has 0 bridgehead atoms. The predicted octanol–water partition coefficient (Wildman–Crippen LogP) is 0.836. The van der Waals surface area contributed by atoms with Gasteiger partial charge in [-0.1, -0.05) is 6.92 Å². The topological polar surface area (TPSA) is 49.0 Å². The maximum atomic E-state index is 5.82. The van der Waals surface area contributed by atoms with E-state index in [9.17, 15) is 0 Å². The van der Waals surface area contributed by atoms with Crippen molar-refractivity contribution in [2.24, 2.45) is 0 Å². The first-order valence-electron chi connectivity index (χ1n) is 5.96. The summed E-state index contributed by atoms with van der Waals surface area (Å²) in [4.78, 5) is 10.1. The van der Waals surface area contributed by atoms with Gasteiger partial charge in [0.05, 0.1) is 12.6 Å². The lowest BCUT2D eigenvalue weighted by Gasteiger charge is -2.21. The lowest BCUT2D eigenvalue weighted by Crippen LogP contribution is -2.38. The molecule has 2 aliphatic heterocycles. The van der Waals surface area contributed by atoms with Crippen LogP contribution in [0.1, 0.15) is 27.2 Å². The molecule has 16 heavy (non-hydrogen) atoms. The molecular weight excluding hydrogens is 210 g/mol. The normalized spacial score (nSPS) is 36.6. The van der Waals surface area contributed by atoms with Gasteiger partial charge in [-0.15, -0.1) is 0 Å². The molecule has 3 atom stereocenters. The molecular formula is C11H21NO4. The van der Waals surface area contributed by atoms with E-state index in [0.717, 1.165) is 13.0 Å². The number of rotatable bonds is 5. The summed E-state index contributed by atoms with van der Waals surface area (Å²) >= 11 is 0. The summed E-state index contributed by atoms with van der Waals surface area (Å²) in [5.41, 5.74) is 0. The van der Waals surface area contributed by atoms with E-state index in [2.05, 4.69) is 5.32 Å². The van der Waals surface area contributed by atoms with Crippen LogP contribution < -0.4 is 5.32 Å². The van der Waals surface area contributed by atoms with Crippen LogP contribution in [0.15, 0.2) is 0 Å². The predicted molar refractivity (Wildman–Crippen MR) is 57.8 cm³/mol. The van der Waals surface area contributed by atoms with Crippen molar-refractivity contribution in [2.75, 3.05) is 19.8 Å². The quantitative estimate of drug-likeness (QED) is 0.431. The molecule has 0 aromatic rings. The van der Waals surface area contributed by atoms with Crippen molar-refractivity contribution in [3.05, 3.63) is 0 Å². The van der Waals surface area contributed by atoms with Gasteiger partial charge in [0, 0.05) is 6.54 Å². The number of ether oxygens (including phenoxy) is 2. The van der Waals surface area contributed by atoms with Gasteiger partial charge in [-0.05, 0) is 20.3 Å². The van der Waals surface area contributed by atoms with Crippen molar-refractivity contribution in [1.82, 2.24) is 5.32 Å². The zero-order valence-corrected chi connectivity index (χ0v) is 10.2. The maximum absolute atomic E-state index is 5.82. The molecule has 0 unspecified atom stereocenters. The second-order valence-electron chi connectivity index (χ2n) is 4.76. The molecule has 0 radical (unpaired) electrons. The molecule has 5 heteroatoms. The van der Waals surface area contributed by atoms with E-state index in [4.69, 9.17) is 19.2 Å². The molecule has 2 heterocycles. The standard InChI is InChI=1S/C11H21NO4/c1-4-5-13-14-7-8-10-9(6-12-8)15-11(2,3)16-10/h8-10,12H,4-7H2,1-3H3/t8-,9-,10+/m1/s1. The molecule has 1 N–H and O–H groups in total. The van der Waals surface area contributed by atoms with Gasteiger partial charge in [0.2, 0.25) is 0 Å². The van der Waals surface area contributed by atoms with Crippen LogP contribution >= 0.6 is 0 Å². The monoisotopic (exact) mass is 231 g/mol. The highest BCUT2D eigenvalue weighted by atomic mass is 17.2. The Hall–Kier alpha value is -0.200. The highest BCUT2D eigenvalue weighted by Gasteiger charge is 2.49. The van der Waals surface area contributed by atoms with Crippen LogP contribution in [0.4, 0.5) is 0 Å². The SMILES string of the molecule is CCCOOC[C@H]1NC[C@H]2OC(C)(C)O[C@@H]12. The van der Waals surface area contributed by atoms with Crippen molar-refractivity contribution in [2.45, 2.75) is 51.2 Å². The zero-order valence-electron chi connectivity index (χ0n) is 10.2. The first-order valence-corrected chi connectivity index (χ1v) is 5.96. The number of hydrogen-bond acceptors (Lipinski definition) is 5. The molecule has 0 saturated carbocycles. The molecule has 0 aromatic carbocycles. The summed E-state index contributed by atoms with van der Waals surface area (Å²) < 4.78 is 11.6. The third kappa shape index (κ3) is 2.73. The molecule has 0 aliphatic carbocycles. The van der Waals surface area contributed by atoms with Gasteiger partial charge in [-0.25, -0.2) is 9.78 Å². The fraction of sp³-hybridized carbons (Fsp3) is 1.00. The Balaban J connectivity index is 1.75. The fourth-order valence-electron chi connectivity index (χ4n) is 2.16. The van der Waals surface area contributed by atoms with Crippen LogP contribution in [0, 0.1) is 0 Å². The Morgan fingerprint density at radius 3 is 2.88 bits per heavy atom. The van der Waals surface area contributed by atoms with Crippen LogP contribution in [0.2, 0.25) is 0 Å². The van der Waals surface area contributed by atoms with Gasteiger partial charge >= 0.3 is 0 Å². The highest BCUT2D eigenvalue weighted by Crippen LogP contribution is 2.32. The highest BCUT2D eigenvalue weighted by molar-refractivity contribution is 4.97. The second-order valence-corrected chi connectivity index (χ2v) is 4.76. The Labute approximate surface area is 96.3 Å². The number of fused-ring (bicyclic) bond motifs is 1. The molecule has 94 valence electrons. The van der Waals surface area contributed by atoms with Gasteiger partial charge in [-0.3, -0.25) is 0 Å². The van der Waals surface area contributed by atoms with Crippen molar-refractivity contribution in [1.29, 1.82) is 0 Å². The molecule has 0 aromatic heterocycles. The van der Waals surface area contributed by atoms with E-state index in [1.54, 1.807) is 0 Å². The lowest BCUT2D eigenvalue weighted by atomic mass is 10.1. The molecule has 2 fully saturated rings. The first kappa shape index (κ1) is 12.3. The van der Waals surface area contributed by atoms with Gasteiger partial charge < -0.3 is 14.8 Å². The second kappa shape index (κ2) is 4.98. The summed E-state index contributed by atoms with van der Waals surface area (Å²) in [7, 11) is 0. The largest absolute Gasteiger partial charge is 0.343 e. The van der Waals surface area contributed by atoms with E-state index >= 15 is 0 Å². The van der Waals surface area contributed by atoms with Gasteiger partial charge in [0.25, 0.3) is 0 Å². The zero-order chi connectivity index (χ0) is 11.6. The Bertz CT molecular complexity index is 234. The summed E-state index contributed by atoms with van der Waals surface area (Å²) in [6.45, 7) is 7.87. The molecule has 2 rings (SSSR count). The van der Waals surface area contributed by atoms with Crippen molar-refractivity contribution in [3.63, 3.8) is 0 Å². The average molecular weight is 231 g/mol. The van der Waals surface area contributed by atoms with Crippen LogP contribution in [0.3, 0.4) is 0 Å². The van der Waals surface area contributed by atoms with Crippen LogP contribution in [0.5, 0.6) is 0 Å². The molecule has 2 saturated heterocycles. The number of hydrogen-bond donors (Lipinski definition) is 1. The van der Waals surface area contributed by atoms with Crippen molar-refractivity contribution in [3.8, 4) is 0 Å². The van der Waals surface area contributed by atoms with E-state index in [0.29, 0.717) is 13.2 Å². The smallest absolute Gasteiger partial charge is 0.163 e. The van der Waals surface area contributed by atoms with Crippen molar-refractivity contribution < 1.29 is 19.2 Å². The minimum Gasteiger partial charge on any atom is -0.343 e. The third-order valence-corrected chi connectivity index (χ3v) is 2.82.